The van der Waals surface area contributed by atoms with Crippen LogP contribution in [0.25, 0.3) is 11.6 Å². The first kappa shape index (κ1) is 15.1. The lowest BCUT2D eigenvalue weighted by Crippen LogP contribution is -2.37. The summed E-state index contributed by atoms with van der Waals surface area (Å²) in [6, 6.07) is 5.68. The van der Waals surface area contributed by atoms with Crippen LogP contribution in [-0.2, 0) is 0 Å². The second-order valence-electron chi connectivity index (χ2n) is 5.35. The lowest BCUT2D eigenvalue weighted by Gasteiger charge is -2.24. The number of ether oxygens (including phenoxy) is 1. The molecule has 2 heterocycles. The highest BCUT2D eigenvalue weighted by atomic mass is 16.5. The van der Waals surface area contributed by atoms with Crippen LogP contribution in [0.2, 0.25) is 0 Å². The summed E-state index contributed by atoms with van der Waals surface area (Å²) in [4.78, 5) is 20.7. The van der Waals surface area contributed by atoms with E-state index in [4.69, 9.17) is 4.74 Å². The first-order valence-corrected chi connectivity index (χ1v) is 7.66. The van der Waals surface area contributed by atoms with Crippen LogP contribution in [0.1, 0.15) is 24.6 Å². The Hall–Kier alpha value is -2.76. The minimum Gasteiger partial charge on any atom is -0.493 e. The van der Waals surface area contributed by atoms with Gasteiger partial charge in [-0.3, -0.25) is 4.90 Å². The van der Waals surface area contributed by atoms with Crippen LogP contribution < -0.4 is 15.0 Å². The molecular weight excluding hydrogens is 292 g/mol. The van der Waals surface area contributed by atoms with E-state index >= 15 is 0 Å². The molecule has 2 aromatic rings. The second-order valence-corrected chi connectivity index (χ2v) is 5.35. The van der Waals surface area contributed by atoms with Crippen molar-refractivity contribution in [2.24, 2.45) is 0 Å². The number of imidazole rings is 1. The van der Waals surface area contributed by atoms with Gasteiger partial charge in [-0.15, -0.1) is 0 Å². The van der Waals surface area contributed by atoms with Crippen molar-refractivity contribution in [3.8, 4) is 5.75 Å². The van der Waals surface area contributed by atoms with Gasteiger partial charge in [0.2, 0.25) is 0 Å². The lowest BCUT2D eigenvalue weighted by atomic mass is 9.98. The molecule has 2 N–H and O–H groups in total. The Morgan fingerprint density at radius 3 is 3.13 bits per heavy atom. The number of fused-ring (bicyclic) bond motifs is 1. The van der Waals surface area contributed by atoms with Gasteiger partial charge in [0.25, 0.3) is 0 Å². The molecule has 0 atom stereocenters. The fourth-order valence-corrected chi connectivity index (χ4v) is 2.58. The third kappa shape index (κ3) is 3.21. The van der Waals surface area contributed by atoms with Crippen LogP contribution in [0.15, 0.2) is 30.7 Å². The maximum absolute atomic E-state index is 12.0. The van der Waals surface area contributed by atoms with E-state index in [-0.39, 0.29) is 6.03 Å². The number of aromatic amines is 1. The van der Waals surface area contributed by atoms with E-state index in [0.29, 0.717) is 13.2 Å². The quantitative estimate of drug-likeness (QED) is 0.915. The second kappa shape index (κ2) is 6.56. The van der Waals surface area contributed by atoms with E-state index in [9.17, 15) is 4.79 Å². The molecule has 0 unspecified atom stereocenters. The van der Waals surface area contributed by atoms with Gasteiger partial charge >= 0.3 is 6.03 Å². The Morgan fingerprint density at radius 2 is 2.39 bits per heavy atom. The molecule has 0 saturated carbocycles. The first-order valence-electron chi connectivity index (χ1n) is 7.66. The maximum Gasteiger partial charge on any atom is 0.321 e. The molecule has 6 heteroatoms. The number of carbonyl (C=O) groups excluding carboxylic acids is 1. The zero-order valence-electron chi connectivity index (χ0n) is 13.3. The Bertz CT molecular complexity index is 722. The Balaban J connectivity index is 1.95. The number of anilines is 1. The molecule has 1 aromatic carbocycles. The van der Waals surface area contributed by atoms with Gasteiger partial charge in [-0.1, -0.05) is 0 Å². The van der Waals surface area contributed by atoms with Gasteiger partial charge < -0.3 is 15.0 Å². The molecule has 0 fully saturated rings. The minimum absolute atomic E-state index is 0.122. The monoisotopic (exact) mass is 312 g/mol. The number of benzene rings is 1. The number of H-pyrrole nitrogens is 1. The van der Waals surface area contributed by atoms with E-state index in [0.717, 1.165) is 29.1 Å². The van der Waals surface area contributed by atoms with Gasteiger partial charge in [-0.05, 0) is 36.8 Å². The summed E-state index contributed by atoms with van der Waals surface area (Å²) in [6.07, 6.45) is 6.34. The van der Waals surface area contributed by atoms with Crippen LogP contribution in [0.3, 0.4) is 0 Å². The molecule has 0 saturated heterocycles. The van der Waals surface area contributed by atoms with Crippen molar-refractivity contribution in [1.29, 1.82) is 0 Å². The van der Waals surface area contributed by atoms with Gasteiger partial charge in [0.05, 0.1) is 24.8 Å². The van der Waals surface area contributed by atoms with Gasteiger partial charge in [-0.25, -0.2) is 9.78 Å². The molecule has 1 aliphatic rings. The summed E-state index contributed by atoms with van der Waals surface area (Å²) in [5.74, 6) is 0.843. The van der Waals surface area contributed by atoms with Crippen molar-refractivity contribution < 1.29 is 9.53 Å². The highest BCUT2D eigenvalue weighted by molar-refractivity contribution is 5.93. The number of amides is 2. The molecule has 6 nitrogen and oxygen atoms in total. The maximum atomic E-state index is 12.0. The van der Waals surface area contributed by atoms with Crippen LogP contribution >= 0.6 is 0 Å². The fraction of sp³-hybridized carbons (Fsp3) is 0.294. The smallest absolute Gasteiger partial charge is 0.321 e. The first-order chi connectivity index (χ1) is 11.2. The zero-order valence-corrected chi connectivity index (χ0v) is 13.3. The summed E-state index contributed by atoms with van der Waals surface area (Å²) in [7, 11) is 1.76. The predicted molar refractivity (Wildman–Crippen MR) is 90.5 cm³/mol. The number of carbonyl (C=O) groups is 1. The normalized spacial score (nSPS) is 15.0. The van der Waals surface area contributed by atoms with Crippen molar-refractivity contribution in [3.63, 3.8) is 0 Å². The molecule has 1 aliphatic heterocycles. The third-order valence-electron chi connectivity index (χ3n) is 3.81. The summed E-state index contributed by atoms with van der Waals surface area (Å²) >= 11 is 0. The average Bonchev–Trinajstić information content (AvgIpc) is 3.07. The zero-order chi connectivity index (χ0) is 16.2. The van der Waals surface area contributed by atoms with E-state index in [1.165, 1.54) is 5.57 Å². The SMILES string of the molecule is CCNC(=O)N(C)c1ccc2c(c1)C(=Cc1cnc[nH]1)CCO2. The topological polar surface area (TPSA) is 70.2 Å². The van der Waals surface area contributed by atoms with Gasteiger partial charge in [0.15, 0.2) is 0 Å². The molecule has 2 amide bonds. The van der Waals surface area contributed by atoms with Crippen molar-refractivity contribution in [1.82, 2.24) is 15.3 Å². The molecule has 23 heavy (non-hydrogen) atoms. The van der Waals surface area contributed by atoms with Crippen molar-refractivity contribution in [2.75, 3.05) is 25.1 Å². The molecular formula is C17H20N4O2. The Morgan fingerprint density at radius 1 is 1.52 bits per heavy atom. The minimum atomic E-state index is -0.122. The van der Waals surface area contributed by atoms with Gasteiger partial charge in [-0.2, -0.15) is 0 Å². The molecule has 3 rings (SSSR count). The third-order valence-corrected chi connectivity index (χ3v) is 3.81. The fourth-order valence-electron chi connectivity index (χ4n) is 2.58. The largest absolute Gasteiger partial charge is 0.493 e. The number of hydrogen-bond donors (Lipinski definition) is 2. The number of rotatable bonds is 3. The molecule has 0 spiro atoms. The highest BCUT2D eigenvalue weighted by Gasteiger charge is 2.18. The number of aromatic nitrogens is 2. The van der Waals surface area contributed by atoms with Crippen LogP contribution in [-0.4, -0.2) is 36.2 Å². The van der Waals surface area contributed by atoms with E-state index in [2.05, 4.69) is 21.4 Å². The summed E-state index contributed by atoms with van der Waals surface area (Å²) in [5.41, 5.74) is 3.96. The van der Waals surface area contributed by atoms with E-state index < -0.39 is 0 Å². The number of hydrogen-bond acceptors (Lipinski definition) is 3. The number of nitrogens with zero attached hydrogens (tertiary/aromatic N) is 2. The number of urea groups is 1. The average molecular weight is 312 g/mol. The van der Waals surface area contributed by atoms with Crippen molar-refractivity contribution in [2.45, 2.75) is 13.3 Å². The van der Waals surface area contributed by atoms with Gasteiger partial charge in [0, 0.05) is 31.3 Å². The summed E-state index contributed by atoms with van der Waals surface area (Å²) in [5, 5.41) is 2.80. The Labute approximate surface area is 135 Å². The predicted octanol–water partition coefficient (Wildman–Crippen LogP) is 2.90. The van der Waals surface area contributed by atoms with Crippen LogP contribution in [0.4, 0.5) is 10.5 Å². The van der Waals surface area contributed by atoms with E-state index in [1.54, 1.807) is 24.5 Å². The summed E-state index contributed by atoms with van der Waals surface area (Å²) < 4.78 is 5.73. The van der Waals surface area contributed by atoms with Gasteiger partial charge in [0.1, 0.15) is 5.75 Å². The van der Waals surface area contributed by atoms with Crippen molar-refractivity contribution in [3.05, 3.63) is 42.0 Å². The van der Waals surface area contributed by atoms with Crippen molar-refractivity contribution >= 4 is 23.4 Å². The molecule has 120 valence electrons. The molecule has 1 aromatic heterocycles. The summed E-state index contributed by atoms with van der Waals surface area (Å²) in [6.45, 7) is 3.15. The molecule has 0 radical (unpaired) electrons. The number of nitrogens with one attached hydrogen (secondary N) is 2. The highest BCUT2D eigenvalue weighted by Crippen LogP contribution is 2.36. The molecule has 0 bridgehead atoms. The lowest BCUT2D eigenvalue weighted by molar-refractivity contribution is 0.248. The molecule has 0 aliphatic carbocycles. The van der Waals surface area contributed by atoms with Crippen LogP contribution in [0, 0.1) is 0 Å². The van der Waals surface area contributed by atoms with E-state index in [1.807, 2.05) is 25.1 Å². The Kier molecular flexibility index (Phi) is 4.32. The standard InChI is InChI=1S/C17H20N4O2/c1-3-19-17(22)21(2)14-4-5-16-15(9-14)12(6-7-23-16)8-13-10-18-11-20-13/h4-5,8-11H,3,6-7H2,1-2H3,(H,18,20)(H,19,22). The van der Waals surface area contributed by atoms with Crippen LogP contribution in [0.5, 0.6) is 5.75 Å².